The number of fused-ring (bicyclic) bond motifs is 1. The molecule has 3 nitrogen and oxygen atoms in total. The van der Waals surface area contributed by atoms with Crippen LogP contribution in [0.1, 0.15) is 0 Å². The Balaban J connectivity index is 2.54. The summed E-state index contributed by atoms with van der Waals surface area (Å²) < 4.78 is 14.4. The maximum atomic E-state index is 4.84. The Morgan fingerprint density at radius 2 is 1.75 bits per heavy atom. The van der Waals surface area contributed by atoms with Gasteiger partial charge in [0.25, 0.3) is 12.3 Å². The van der Waals surface area contributed by atoms with E-state index in [1.165, 1.54) is 12.5 Å². The highest BCUT2D eigenvalue weighted by Crippen LogP contribution is 2.38. The van der Waals surface area contributed by atoms with Crippen molar-refractivity contribution in [1.82, 2.24) is 0 Å². The van der Waals surface area contributed by atoms with Crippen molar-refractivity contribution in [3.05, 3.63) is 12.5 Å². The Kier molecular flexibility index (Phi) is 0.700. The molecule has 4 heteroatoms. The van der Waals surface area contributed by atoms with Crippen molar-refractivity contribution in [2.24, 2.45) is 0 Å². The van der Waals surface area contributed by atoms with Gasteiger partial charge in [0.15, 0.2) is 0 Å². The van der Waals surface area contributed by atoms with Crippen molar-refractivity contribution in [3.8, 4) is 11.5 Å². The van der Waals surface area contributed by atoms with Crippen LogP contribution in [0.4, 0.5) is 0 Å². The predicted octanol–water partition coefficient (Wildman–Crippen LogP) is 1.61. The summed E-state index contributed by atoms with van der Waals surface area (Å²) in [6.45, 7) is 0. The predicted molar refractivity (Wildman–Crippen MR) is 27.6 cm³/mol. The molecule has 0 aromatic carbocycles. The average Bonchev–Trinajstić information content (AvgIpc) is 2.15. The van der Waals surface area contributed by atoms with Crippen LogP contribution in [0.3, 0.4) is 0 Å². The van der Waals surface area contributed by atoms with E-state index in [1.807, 2.05) is 0 Å². The number of furan rings is 1. The summed E-state index contributed by atoms with van der Waals surface area (Å²) in [6, 6.07) is 0. The molecule has 0 N–H and O–H groups in total. The molecule has 0 unspecified atom stereocenters. The largest absolute Gasteiger partial charge is 0.464 e. The molecule has 1 aliphatic rings. The normalized spacial score (nSPS) is 14.5. The van der Waals surface area contributed by atoms with E-state index < -0.39 is 0 Å². The molecule has 0 amide bonds. The van der Waals surface area contributed by atoms with Crippen molar-refractivity contribution >= 4 is 12.3 Å². The second kappa shape index (κ2) is 1.35. The summed E-state index contributed by atoms with van der Waals surface area (Å²) in [5.74, 6) is 1.32. The van der Waals surface area contributed by atoms with E-state index in [0.717, 1.165) is 12.3 Å². The van der Waals surface area contributed by atoms with Gasteiger partial charge < -0.3 is 12.8 Å². The van der Waals surface area contributed by atoms with E-state index >= 15 is 0 Å². The highest BCUT2D eigenvalue weighted by Gasteiger charge is 2.16. The maximum absolute atomic E-state index is 4.84. The van der Waals surface area contributed by atoms with Gasteiger partial charge in [-0.2, -0.15) is 0 Å². The quantitative estimate of drug-likeness (QED) is 0.499. The SMILES string of the molecule is c1occ2c1OSO2. The van der Waals surface area contributed by atoms with Crippen LogP contribution in [0.15, 0.2) is 16.9 Å². The fourth-order valence-corrected chi connectivity index (χ4v) is 0.909. The number of rotatable bonds is 0. The van der Waals surface area contributed by atoms with Gasteiger partial charge >= 0.3 is 0 Å². The summed E-state index contributed by atoms with van der Waals surface area (Å²) >= 11 is 0.950. The minimum absolute atomic E-state index is 0.662. The van der Waals surface area contributed by atoms with Gasteiger partial charge in [0.1, 0.15) is 12.5 Å². The molecule has 0 bridgehead atoms. The molecule has 1 aromatic heterocycles. The standard InChI is InChI=1S/C4H2O3S/c1-3-4(2-5-1)7-8-6-3/h1-2H. The van der Waals surface area contributed by atoms with Crippen LogP contribution in [0.5, 0.6) is 11.5 Å². The van der Waals surface area contributed by atoms with E-state index in [1.54, 1.807) is 0 Å². The first kappa shape index (κ1) is 4.14. The molecule has 1 aliphatic heterocycles. The zero-order valence-corrected chi connectivity index (χ0v) is 4.60. The minimum atomic E-state index is 0.662. The molecule has 0 atom stereocenters. The van der Waals surface area contributed by atoms with Gasteiger partial charge in [-0.1, -0.05) is 0 Å². The Morgan fingerprint density at radius 3 is 2.38 bits per heavy atom. The van der Waals surface area contributed by atoms with Crippen LogP contribution in [0.2, 0.25) is 0 Å². The van der Waals surface area contributed by atoms with Crippen molar-refractivity contribution in [3.63, 3.8) is 0 Å². The zero-order chi connectivity index (χ0) is 5.40. The van der Waals surface area contributed by atoms with Gasteiger partial charge in [0.2, 0.25) is 11.5 Å². The van der Waals surface area contributed by atoms with Crippen LogP contribution in [0, 0.1) is 0 Å². The third kappa shape index (κ3) is 0.403. The summed E-state index contributed by atoms with van der Waals surface area (Å²) in [5, 5.41) is 0. The highest BCUT2D eigenvalue weighted by atomic mass is 32.2. The third-order valence-electron chi connectivity index (χ3n) is 0.841. The summed E-state index contributed by atoms with van der Waals surface area (Å²) in [7, 11) is 0. The average molecular weight is 130 g/mol. The summed E-state index contributed by atoms with van der Waals surface area (Å²) in [6.07, 6.45) is 2.99. The fraction of sp³-hybridized carbons (Fsp3) is 0. The van der Waals surface area contributed by atoms with Gasteiger partial charge in [-0.3, -0.25) is 0 Å². The van der Waals surface area contributed by atoms with E-state index in [-0.39, 0.29) is 0 Å². The van der Waals surface area contributed by atoms with E-state index in [0.29, 0.717) is 11.5 Å². The third-order valence-corrected chi connectivity index (χ3v) is 1.34. The molecular formula is C4H2O3S. The van der Waals surface area contributed by atoms with Crippen molar-refractivity contribution in [2.45, 2.75) is 0 Å². The second-order valence-corrected chi connectivity index (χ2v) is 1.80. The molecule has 2 rings (SSSR count). The smallest absolute Gasteiger partial charge is 0.294 e. The van der Waals surface area contributed by atoms with Gasteiger partial charge in [-0.25, -0.2) is 0 Å². The number of hydrogen-bond donors (Lipinski definition) is 0. The Morgan fingerprint density at radius 1 is 1.12 bits per heavy atom. The van der Waals surface area contributed by atoms with Gasteiger partial charge in [-0.15, -0.1) is 0 Å². The van der Waals surface area contributed by atoms with Crippen LogP contribution >= 0.6 is 12.3 Å². The molecule has 8 heavy (non-hydrogen) atoms. The lowest BCUT2D eigenvalue weighted by atomic mass is 10.6. The molecule has 1 aromatic rings. The molecule has 0 fully saturated rings. The first-order chi connectivity index (χ1) is 3.97. The first-order valence-electron chi connectivity index (χ1n) is 2.04. The molecule has 0 spiro atoms. The maximum Gasteiger partial charge on any atom is 0.294 e. The first-order valence-corrected chi connectivity index (χ1v) is 2.71. The molecule has 0 saturated carbocycles. The Labute approximate surface area is 50.0 Å². The topological polar surface area (TPSA) is 31.6 Å². The second-order valence-electron chi connectivity index (χ2n) is 1.33. The molecule has 2 heterocycles. The van der Waals surface area contributed by atoms with E-state index in [2.05, 4.69) is 0 Å². The lowest BCUT2D eigenvalue weighted by molar-refractivity contribution is 0.521. The van der Waals surface area contributed by atoms with Gasteiger partial charge in [0, 0.05) is 0 Å². The lowest BCUT2D eigenvalue weighted by Gasteiger charge is -1.80. The Bertz CT molecular complexity index is 176. The molecule has 42 valence electrons. The molecule has 0 saturated heterocycles. The lowest BCUT2D eigenvalue weighted by Crippen LogP contribution is -1.68. The van der Waals surface area contributed by atoms with Crippen molar-refractivity contribution < 1.29 is 12.8 Å². The Hall–Kier alpha value is -0.770. The number of hydrogen-bond acceptors (Lipinski definition) is 4. The monoisotopic (exact) mass is 130 g/mol. The molecular weight excluding hydrogens is 128 g/mol. The van der Waals surface area contributed by atoms with Gasteiger partial charge in [0.05, 0.1) is 0 Å². The zero-order valence-electron chi connectivity index (χ0n) is 3.79. The van der Waals surface area contributed by atoms with E-state index in [4.69, 9.17) is 12.8 Å². The van der Waals surface area contributed by atoms with Crippen molar-refractivity contribution in [2.75, 3.05) is 0 Å². The fourth-order valence-electron chi connectivity index (χ4n) is 0.486. The van der Waals surface area contributed by atoms with Gasteiger partial charge in [-0.05, 0) is 0 Å². The molecule has 0 aliphatic carbocycles. The van der Waals surface area contributed by atoms with Crippen LogP contribution in [0.25, 0.3) is 0 Å². The minimum Gasteiger partial charge on any atom is -0.464 e. The van der Waals surface area contributed by atoms with Crippen LogP contribution < -0.4 is 8.37 Å². The van der Waals surface area contributed by atoms with Crippen LogP contribution in [-0.4, -0.2) is 0 Å². The van der Waals surface area contributed by atoms with E-state index in [9.17, 15) is 0 Å². The highest BCUT2D eigenvalue weighted by molar-refractivity contribution is 7.90. The summed E-state index contributed by atoms with van der Waals surface area (Å²) in [5.41, 5.74) is 0. The van der Waals surface area contributed by atoms with Crippen LogP contribution in [-0.2, 0) is 0 Å². The van der Waals surface area contributed by atoms with Crippen molar-refractivity contribution in [1.29, 1.82) is 0 Å². The molecule has 0 radical (unpaired) electrons. The summed E-state index contributed by atoms with van der Waals surface area (Å²) in [4.78, 5) is 0.